The van der Waals surface area contributed by atoms with Crippen LogP contribution in [0.2, 0.25) is 0 Å². The Labute approximate surface area is 119 Å². The molecule has 1 saturated carbocycles. The largest absolute Gasteiger partial charge is 0.476 e. The molecule has 0 amide bonds. The Morgan fingerprint density at radius 3 is 2.57 bits per heavy atom. The maximum atomic E-state index is 12.6. The quantitative estimate of drug-likeness (QED) is 0.894. The van der Waals surface area contributed by atoms with E-state index in [9.17, 15) is 18.0 Å². The van der Waals surface area contributed by atoms with Crippen LogP contribution in [0.5, 0.6) is 0 Å². The molecular weight excluding hydrogens is 287 g/mol. The first-order chi connectivity index (χ1) is 9.85. The normalized spacial score (nSPS) is 22.8. The summed E-state index contributed by atoms with van der Waals surface area (Å²) in [6.45, 7) is 0. The van der Waals surface area contributed by atoms with Crippen molar-refractivity contribution in [3.05, 3.63) is 18.1 Å². The van der Waals surface area contributed by atoms with Gasteiger partial charge >= 0.3 is 12.1 Å². The number of halogens is 3. The number of nitrogens with zero attached hydrogens (tertiary/aromatic N) is 2. The number of anilines is 1. The number of hydrogen-bond acceptors (Lipinski definition) is 4. The zero-order valence-electron chi connectivity index (χ0n) is 11.2. The van der Waals surface area contributed by atoms with Crippen LogP contribution in [0.3, 0.4) is 0 Å². The fourth-order valence-electron chi connectivity index (χ4n) is 2.64. The SMILES string of the molecule is O=C(O)c1cnc(N[C@H]2CCCC[C@H]2CC(F)(F)F)cn1. The summed E-state index contributed by atoms with van der Waals surface area (Å²) >= 11 is 0. The highest BCUT2D eigenvalue weighted by atomic mass is 19.4. The minimum atomic E-state index is -4.18. The number of carbonyl (C=O) groups is 1. The molecule has 21 heavy (non-hydrogen) atoms. The first-order valence-corrected chi connectivity index (χ1v) is 6.74. The van der Waals surface area contributed by atoms with Crippen molar-refractivity contribution in [3.8, 4) is 0 Å². The molecule has 8 heteroatoms. The zero-order valence-corrected chi connectivity index (χ0v) is 11.2. The molecule has 116 valence electrons. The number of aromatic carboxylic acids is 1. The van der Waals surface area contributed by atoms with E-state index in [-0.39, 0.29) is 11.7 Å². The molecular formula is C13H16F3N3O2. The first kappa shape index (κ1) is 15.5. The Hall–Kier alpha value is -1.86. The van der Waals surface area contributed by atoms with E-state index in [0.717, 1.165) is 19.0 Å². The average Bonchev–Trinajstić information content (AvgIpc) is 2.40. The molecule has 0 aliphatic heterocycles. The molecule has 0 unspecified atom stereocenters. The van der Waals surface area contributed by atoms with Crippen LogP contribution >= 0.6 is 0 Å². The standard InChI is InChI=1S/C13H16F3N3O2/c14-13(15,16)5-8-3-1-2-4-9(8)19-11-7-17-10(6-18-11)12(20)21/h6-9H,1-5H2,(H,18,19)(H,20,21)/t8-,9-/m0/s1. The van der Waals surface area contributed by atoms with Crippen molar-refractivity contribution in [2.45, 2.75) is 44.3 Å². The van der Waals surface area contributed by atoms with Crippen LogP contribution in [-0.4, -0.2) is 33.3 Å². The van der Waals surface area contributed by atoms with E-state index in [1.165, 1.54) is 6.20 Å². The van der Waals surface area contributed by atoms with E-state index < -0.39 is 24.5 Å². The molecule has 0 radical (unpaired) electrons. The van der Waals surface area contributed by atoms with Gasteiger partial charge in [-0.3, -0.25) is 0 Å². The van der Waals surface area contributed by atoms with E-state index >= 15 is 0 Å². The van der Waals surface area contributed by atoms with E-state index in [4.69, 9.17) is 5.11 Å². The molecule has 2 N–H and O–H groups in total. The summed E-state index contributed by atoms with van der Waals surface area (Å²) < 4.78 is 37.7. The monoisotopic (exact) mass is 303 g/mol. The topological polar surface area (TPSA) is 75.1 Å². The third kappa shape index (κ3) is 4.57. The predicted molar refractivity (Wildman–Crippen MR) is 69.0 cm³/mol. The highest BCUT2D eigenvalue weighted by molar-refractivity contribution is 5.84. The minimum Gasteiger partial charge on any atom is -0.476 e. The first-order valence-electron chi connectivity index (χ1n) is 6.74. The summed E-state index contributed by atoms with van der Waals surface area (Å²) in [6.07, 6.45) is 0.164. The molecule has 1 aromatic rings. The van der Waals surface area contributed by atoms with Crippen molar-refractivity contribution in [3.63, 3.8) is 0 Å². The van der Waals surface area contributed by atoms with E-state index in [1.54, 1.807) is 0 Å². The maximum absolute atomic E-state index is 12.6. The molecule has 1 aromatic heterocycles. The van der Waals surface area contributed by atoms with Crippen LogP contribution in [-0.2, 0) is 0 Å². The number of rotatable bonds is 4. The Morgan fingerprint density at radius 2 is 2.00 bits per heavy atom. The fourth-order valence-corrected chi connectivity index (χ4v) is 2.64. The van der Waals surface area contributed by atoms with Crippen molar-refractivity contribution in [1.82, 2.24) is 9.97 Å². The molecule has 0 bridgehead atoms. The van der Waals surface area contributed by atoms with E-state index in [2.05, 4.69) is 15.3 Å². The van der Waals surface area contributed by atoms with Crippen molar-refractivity contribution < 1.29 is 23.1 Å². The molecule has 1 aliphatic carbocycles. The minimum absolute atomic E-state index is 0.198. The van der Waals surface area contributed by atoms with Gasteiger partial charge < -0.3 is 10.4 Å². The van der Waals surface area contributed by atoms with Gasteiger partial charge in [0.1, 0.15) is 5.82 Å². The summed E-state index contributed by atoms with van der Waals surface area (Å²) in [6, 6.07) is -0.314. The molecule has 0 spiro atoms. The molecule has 2 rings (SSSR count). The average molecular weight is 303 g/mol. The molecule has 0 saturated heterocycles. The van der Waals surface area contributed by atoms with Gasteiger partial charge in [-0.15, -0.1) is 0 Å². The van der Waals surface area contributed by atoms with Crippen LogP contribution in [0, 0.1) is 5.92 Å². The number of carboxylic acids is 1. The summed E-state index contributed by atoms with van der Waals surface area (Å²) in [5.74, 6) is -1.37. The van der Waals surface area contributed by atoms with Gasteiger partial charge in [-0.05, 0) is 18.8 Å². The lowest BCUT2D eigenvalue weighted by atomic mass is 9.82. The van der Waals surface area contributed by atoms with Gasteiger partial charge in [-0.2, -0.15) is 13.2 Å². The lowest BCUT2D eigenvalue weighted by Gasteiger charge is -2.33. The Kier molecular flexibility index (Phi) is 4.64. The third-order valence-electron chi connectivity index (χ3n) is 3.61. The molecule has 2 atom stereocenters. The van der Waals surface area contributed by atoms with Gasteiger partial charge in [-0.25, -0.2) is 14.8 Å². The van der Waals surface area contributed by atoms with Gasteiger partial charge in [0.05, 0.1) is 12.4 Å². The third-order valence-corrected chi connectivity index (χ3v) is 3.61. The van der Waals surface area contributed by atoms with Gasteiger partial charge in [0, 0.05) is 12.5 Å². The molecule has 1 heterocycles. The van der Waals surface area contributed by atoms with E-state index in [0.29, 0.717) is 18.7 Å². The number of nitrogens with one attached hydrogen (secondary N) is 1. The highest BCUT2D eigenvalue weighted by Crippen LogP contribution is 2.35. The van der Waals surface area contributed by atoms with Gasteiger partial charge in [0.15, 0.2) is 5.69 Å². The van der Waals surface area contributed by atoms with Crippen LogP contribution in [0.1, 0.15) is 42.6 Å². The summed E-state index contributed by atoms with van der Waals surface area (Å²) in [4.78, 5) is 18.2. The lowest BCUT2D eigenvalue weighted by Crippen LogP contribution is -2.35. The van der Waals surface area contributed by atoms with Gasteiger partial charge in [-0.1, -0.05) is 12.8 Å². The molecule has 1 fully saturated rings. The predicted octanol–water partition coefficient (Wildman–Crippen LogP) is 3.10. The second kappa shape index (κ2) is 6.28. The number of hydrogen-bond donors (Lipinski definition) is 2. The van der Waals surface area contributed by atoms with Crippen molar-refractivity contribution >= 4 is 11.8 Å². The van der Waals surface area contributed by atoms with Crippen LogP contribution < -0.4 is 5.32 Å². The molecule has 1 aliphatic rings. The fraction of sp³-hybridized carbons (Fsp3) is 0.615. The van der Waals surface area contributed by atoms with Crippen molar-refractivity contribution in [1.29, 1.82) is 0 Å². The maximum Gasteiger partial charge on any atom is 0.389 e. The Morgan fingerprint density at radius 1 is 1.29 bits per heavy atom. The Balaban J connectivity index is 2.03. The van der Waals surface area contributed by atoms with Crippen molar-refractivity contribution in [2.75, 3.05) is 5.32 Å². The molecule has 0 aromatic carbocycles. The second-order valence-corrected chi connectivity index (χ2v) is 5.21. The van der Waals surface area contributed by atoms with E-state index in [1.807, 2.05) is 0 Å². The summed E-state index contributed by atoms with van der Waals surface area (Å²) in [5.41, 5.74) is -0.198. The summed E-state index contributed by atoms with van der Waals surface area (Å²) in [7, 11) is 0. The number of carboxylic acid groups (broad SMARTS) is 1. The van der Waals surface area contributed by atoms with Crippen molar-refractivity contribution in [2.24, 2.45) is 5.92 Å². The van der Waals surface area contributed by atoms with Crippen LogP contribution in [0.15, 0.2) is 12.4 Å². The van der Waals surface area contributed by atoms with Gasteiger partial charge in [0.2, 0.25) is 0 Å². The van der Waals surface area contributed by atoms with Gasteiger partial charge in [0.25, 0.3) is 0 Å². The van der Waals surface area contributed by atoms with Crippen LogP contribution in [0.4, 0.5) is 19.0 Å². The highest BCUT2D eigenvalue weighted by Gasteiger charge is 2.36. The summed E-state index contributed by atoms with van der Waals surface area (Å²) in [5, 5.41) is 11.7. The lowest BCUT2D eigenvalue weighted by molar-refractivity contribution is -0.147. The number of alkyl halides is 3. The molecule has 5 nitrogen and oxygen atoms in total. The smallest absolute Gasteiger partial charge is 0.389 e. The Bertz CT molecular complexity index is 490. The zero-order chi connectivity index (χ0) is 15.5. The number of aromatic nitrogens is 2. The van der Waals surface area contributed by atoms with Crippen LogP contribution in [0.25, 0.3) is 0 Å². The second-order valence-electron chi connectivity index (χ2n) is 5.21.